The van der Waals surface area contributed by atoms with Gasteiger partial charge in [-0.3, -0.25) is 9.59 Å². The fourth-order valence-electron chi connectivity index (χ4n) is 5.36. The number of hydrogen-bond acceptors (Lipinski definition) is 12. The van der Waals surface area contributed by atoms with E-state index >= 15 is 0 Å². The summed E-state index contributed by atoms with van der Waals surface area (Å²) in [6, 6.07) is 21.3. The molecule has 0 aliphatic rings. The number of carbonyl (C=O) groups excluding carboxylic acids is 6. The molecule has 2 amide bonds. The first-order valence-corrected chi connectivity index (χ1v) is 19.9. The van der Waals surface area contributed by atoms with Crippen LogP contribution in [0.4, 0.5) is 11.4 Å². The van der Waals surface area contributed by atoms with E-state index in [-0.39, 0.29) is 107 Å². The van der Waals surface area contributed by atoms with Crippen LogP contribution in [-0.2, 0) is 60.9 Å². The van der Waals surface area contributed by atoms with Crippen LogP contribution in [0.15, 0.2) is 119 Å². The second kappa shape index (κ2) is 21.6. The molecule has 15 heteroatoms. The van der Waals surface area contributed by atoms with Crippen molar-refractivity contribution in [2.24, 2.45) is 0 Å². The van der Waals surface area contributed by atoms with E-state index in [4.69, 9.17) is 18.9 Å². The van der Waals surface area contributed by atoms with Crippen LogP contribution in [0.25, 0.3) is 0 Å². The van der Waals surface area contributed by atoms with E-state index in [1.54, 1.807) is 36.4 Å². The van der Waals surface area contributed by atoms with Crippen molar-refractivity contribution in [3.63, 3.8) is 0 Å². The summed E-state index contributed by atoms with van der Waals surface area (Å²) in [7, 11) is -4.19. The predicted octanol–water partition coefficient (Wildman–Crippen LogP) is 7.26. The summed E-state index contributed by atoms with van der Waals surface area (Å²) in [5.74, 6) is -1.50. The summed E-state index contributed by atoms with van der Waals surface area (Å²) in [5.41, 5.74) is 2.07. The van der Waals surface area contributed by atoms with Crippen molar-refractivity contribution in [3.8, 4) is 23.0 Å². The fourth-order valence-corrected chi connectivity index (χ4v) is 6.69. The Morgan fingerprint density at radius 3 is 1.37 bits per heavy atom. The molecule has 0 aromatic heterocycles. The molecule has 0 spiro atoms. The molecule has 0 saturated carbocycles. The Kier molecular flexibility index (Phi) is 16.4. The molecule has 0 bridgehead atoms. The molecule has 308 valence electrons. The first kappa shape index (κ1) is 44.8. The highest BCUT2D eigenvalue weighted by Crippen LogP contribution is 2.37. The number of para-hydroxylation sites is 2. The molecule has 0 saturated heterocycles. The Morgan fingerprint density at radius 2 is 1.00 bits per heavy atom. The molecule has 0 radical (unpaired) electrons. The van der Waals surface area contributed by atoms with Gasteiger partial charge in [0.2, 0.25) is 21.7 Å². The van der Waals surface area contributed by atoms with Crippen molar-refractivity contribution in [3.05, 3.63) is 120 Å². The zero-order valence-corrected chi connectivity index (χ0v) is 33.4. The van der Waals surface area contributed by atoms with E-state index in [1.165, 1.54) is 62.4 Å². The lowest BCUT2D eigenvalue weighted by atomic mass is 10.1. The van der Waals surface area contributed by atoms with Crippen LogP contribution in [0.3, 0.4) is 0 Å². The molecule has 4 aromatic carbocycles. The lowest BCUT2D eigenvalue weighted by Crippen LogP contribution is -2.15. The molecule has 0 atom stereocenters. The van der Waals surface area contributed by atoms with Crippen LogP contribution in [0, 0.1) is 0 Å². The second-order valence-corrected chi connectivity index (χ2v) is 15.0. The third kappa shape index (κ3) is 13.1. The quantitative estimate of drug-likeness (QED) is 0.0458. The highest BCUT2D eigenvalue weighted by atomic mass is 32.2. The van der Waals surface area contributed by atoms with Crippen molar-refractivity contribution in [2.45, 2.75) is 62.2 Å². The number of aldehydes is 2. The number of carbonyl (C=O) groups is 6. The minimum Gasteiger partial charge on any atom is -0.462 e. The van der Waals surface area contributed by atoms with Crippen LogP contribution in [0.2, 0.25) is 0 Å². The number of rotatable bonds is 22. The normalized spacial score (nSPS) is 10.7. The Balaban J connectivity index is 1.62. The molecule has 0 unspecified atom stereocenters. The molecule has 0 aliphatic carbocycles. The molecule has 4 aromatic rings. The van der Waals surface area contributed by atoms with E-state index in [2.05, 4.69) is 23.8 Å². The molecule has 2 N–H and O–H groups in total. The van der Waals surface area contributed by atoms with Gasteiger partial charge in [0, 0.05) is 49.7 Å². The molecule has 14 nitrogen and oxygen atoms in total. The van der Waals surface area contributed by atoms with Crippen molar-refractivity contribution in [2.75, 3.05) is 23.8 Å². The van der Waals surface area contributed by atoms with Crippen LogP contribution >= 0.6 is 0 Å². The summed E-state index contributed by atoms with van der Waals surface area (Å²) < 4.78 is 50.9. The Labute approximate surface area is 342 Å². The van der Waals surface area contributed by atoms with Gasteiger partial charge in [0.1, 0.15) is 24.1 Å². The van der Waals surface area contributed by atoms with Gasteiger partial charge in [-0.15, -0.1) is 0 Å². The van der Waals surface area contributed by atoms with Gasteiger partial charge in [0.15, 0.2) is 11.5 Å². The van der Waals surface area contributed by atoms with Gasteiger partial charge in [-0.1, -0.05) is 49.6 Å². The summed E-state index contributed by atoms with van der Waals surface area (Å²) >= 11 is 0. The molecule has 59 heavy (non-hydrogen) atoms. The van der Waals surface area contributed by atoms with Crippen molar-refractivity contribution < 1.29 is 56.1 Å². The number of nitrogens with one attached hydrogen (secondary N) is 2. The zero-order valence-electron chi connectivity index (χ0n) is 32.6. The van der Waals surface area contributed by atoms with Crippen molar-refractivity contribution in [1.29, 1.82) is 0 Å². The minimum absolute atomic E-state index is 0.00602. The van der Waals surface area contributed by atoms with Gasteiger partial charge in [-0.2, -0.15) is 0 Å². The molecule has 0 heterocycles. The van der Waals surface area contributed by atoms with Gasteiger partial charge < -0.3 is 39.2 Å². The Bertz CT molecular complexity index is 2200. The lowest BCUT2D eigenvalue weighted by Gasteiger charge is -2.17. The second-order valence-electron chi connectivity index (χ2n) is 13.1. The number of anilines is 2. The third-order valence-electron chi connectivity index (χ3n) is 8.33. The molecule has 0 fully saturated rings. The highest BCUT2D eigenvalue weighted by Gasteiger charge is 2.22. The van der Waals surface area contributed by atoms with E-state index in [0.717, 1.165) is 0 Å². The van der Waals surface area contributed by atoms with Crippen LogP contribution < -0.4 is 20.1 Å². The van der Waals surface area contributed by atoms with Gasteiger partial charge in [-0.25, -0.2) is 18.0 Å². The third-order valence-corrected chi connectivity index (χ3v) is 10.1. The molecule has 4 rings (SSSR count). The van der Waals surface area contributed by atoms with Crippen molar-refractivity contribution >= 4 is 57.5 Å². The average Bonchev–Trinajstić information content (AvgIpc) is 3.21. The number of sulfone groups is 1. The Morgan fingerprint density at radius 1 is 0.610 bits per heavy atom. The van der Waals surface area contributed by atoms with Crippen LogP contribution in [0.1, 0.15) is 50.7 Å². The Hall–Kier alpha value is -6.87. The topological polar surface area (TPSA) is 198 Å². The van der Waals surface area contributed by atoms with Gasteiger partial charge in [0.25, 0.3) is 0 Å². The maximum Gasteiger partial charge on any atom is 0.333 e. The average molecular weight is 825 g/mol. The smallest absolute Gasteiger partial charge is 0.333 e. The van der Waals surface area contributed by atoms with E-state index < -0.39 is 33.6 Å². The number of hydrogen-bond donors (Lipinski definition) is 2. The van der Waals surface area contributed by atoms with E-state index in [1.807, 2.05) is 0 Å². The fraction of sp³-hybridized carbons (Fsp3) is 0.227. The molecular weight excluding hydrogens is 781 g/mol. The molecular formula is C44H44N2O12S. The van der Waals surface area contributed by atoms with Crippen molar-refractivity contribution in [1.82, 2.24) is 0 Å². The predicted molar refractivity (Wildman–Crippen MR) is 218 cm³/mol. The number of esters is 2. The van der Waals surface area contributed by atoms with Gasteiger partial charge in [-0.05, 0) is 73.5 Å². The summed E-state index contributed by atoms with van der Waals surface area (Å²) in [6.07, 6.45) is 1.43. The zero-order chi connectivity index (χ0) is 43.0. The minimum atomic E-state index is -4.19. The number of ether oxygens (including phenoxy) is 4. The monoisotopic (exact) mass is 824 g/mol. The number of benzene rings is 4. The maximum atomic E-state index is 14.0. The van der Waals surface area contributed by atoms with Crippen LogP contribution in [0.5, 0.6) is 23.0 Å². The summed E-state index contributed by atoms with van der Waals surface area (Å²) in [6.45, 7) is 10.1. The number of amides is 2. The summed E-state index contributed by atoms with van der Waals surface area (Å²) in [5, 5.41) is 5.53. The SMILES string of the molecule is C=C(C)C(=O)OCCc1cccc(Oc2cccc(S(=O)(=O)c3cccc(Oc4cccc(CCOC(=O)C(=C)C)c4NC(=O)CCC=O)c3)c2)c1NC(=O)CCC=O. The highest BCUT2D eigenvalue weighted by molar-refractivity contribution is 7.91. The first-order valence-electron chi connectivity index (χ1n) is 18.4. The van der Waals surface area contributed by atoms with Crippen LogP contribution in [-0.4, -0.2) is 58.0 Å². The maximum absolute atomic E-state index is 14.0. The largest absolute Gasteiger partial charge is 0.462 e. The standard InChI is InChI=1S/C44H44N2O12S/c1-29(2)43(51)55-25-21-31-11-5-17-37(41(31)45-39(49)19-9-23-47)57-33-13-7-15-35(27-33)59(53,54)36-16-8-14-34(28-36)58-38-18-6-12-32(22-26-56-44(52)30(3)4)42(38)46-40(50)20-10-24-48/h5-8,11-18,23-24,27-28H,1,3,9-10,19-22,25-26H2,2,4H3,(H,45,49)(H,46,50). The van der Waals surface area contributed by atoms with Gasteiger partial charge >= 0.3 is 11.9 Å². The first-order chi connectivity index (χ1) is 28.2. The molecule has 0 aliphatic heterocycles. The van der Waals surface area contributed by atoms with E-state index in [0.29, 0.717) is 23.7 Å². The van der Waals surface area contributed by atoms with Gasteiger partial charge in [0.05, 0.1) is 34.4 Å². The lowest BCUT2D eigenvalue weighted by molar-refractivity contribution is -0.139. The van der Waals surface area contributed by atoms with E-state index in [9.17, 15) is 37.2 Å². The summed E-state index contributed by atoms with van der Waals surface area (Å²) in [4.78, 5) is 70.9.